The molecule has 2 aliphatic rings. The number of fused-ring (bicyclic) bond motifs is 1. The molecule has 2 fully saturated rings. The first-order valence-electron chi connectivity index (χ1n) is 12.9. The van der Waals surface area contributed by atoms with Gasteiger partial charge in [-0.2, -0.15) is 14.4 Å². The highest BCUT2D eigenvalue weighted by Gasteiger charge is 2.26. The van der Waals surface area contributed by atoms with Gasteiger partial charge in [0.15, 0.2) is 5.82 Å². The van der Waals surface area contributed by atoms with Crippen molar-refractivity contribution in [2.75, 3.05) is 63.6 Å². The van der Waals surface area contributed by atoms with Gasteiger partial charge in [-0.25, -0.2) is 18.1 Å². The maximum Gasteiger partial charge on any atom is 0.253 e. The Kier molecular flexibility index (Phi) is 7.46. The molecule has 10 nitrogen and oxygen atoms in total. The number of halogens is 1. The van der Waals surface area contributed by atoms with Crippen molar-refractivity contribution in [3.63, 3.8) is 0 Å². The molecular formula is C26H30BrN7O3S2. The zero-order chi connectivity index (χ0) is 27.1. The minimum absolute atomic E-state index is 0.519. The highest BCUT2D eigenvalue weighted by molar-refractivity contribution is 9.10. The molecule has 3 aromatic heterocycles. The van der Waals surface area contributed by atoms with Crippen LogP contribution in [0.3, 0.4) is 0 Å². The van der Waals surface area contributed by atoms with E-state index in [1.807, 2.05) is 36.5 Å². The largest absolute Gasteiger partial charge is 0.378 e. The van der Waals surface area contributed by atoms with Crippen molar-refractivity contribution in [1.29, 1.82) is 0 Å². The minimum Gasteiger partial charge on any atom is -0.378 e. The summed E-state index contributed by atoms with van der Waals surface area (Å²) in [6.07, 6.45) is 3.19. The Morgan fingerprint density at radius 3 is 2.54 bits per heavy atom. The Balaban J connectivity index is 1.35. The molecule has 4 aromatic rings. The number of piperazine rings is 1. The van der Waals surface area contributed by atoms with Gasteiger partial charge in [-0.3, -0.25) is 4.90 Å². The van der Waals surface area contributed by atoms with E-state index in [-0.39, 0.29) is 0 Å². The Hall–Kier alpha value is -2.42. The molecule has 0 saturated carbocycles. The van der Waals surface area contributed by atoms with E-state index >= 15 is 0 Å². The van der Waals surface area contributed by atoms with Gasteiger partial charge < -0.3 is 9.64 Å². The summed E-state index contributed by atoms with van der Waals surface area (Å²) in [5.41, 5.74) is 3.94. The first-order chi connectivity index (χ1) is 18.8. The first kappa shape index (κ1) is 26.8. The van der Waals surface area contributed by atoms with Crippen molar-refractivity contribution in [3.05, 3.63) is 51.4 Å². The van der Waals surface area contributed by atoms with Crippen LogP contribution in [0.2, 0.25) is 0 Å². The van der Waals surface area contributed by atoms with Gasteiger partial charge in [0.25, 0.3) is 5.95 Å². The molecule has 0 unspecified atom stereocenters. The number of thiophene rings is 1. The van der Waals surface area contributed by atoms with Gasteiger partial charge in [0.2, 0.25) is 10.0 Å². The molecule has 0 N–H and O–H groups in total. The lowest BCUT2D eigenvalue weighted by Gasteiger charge is -2.33. The summed E-state index contributed by atoms with van der Waals surface area (Å²) in [5, 5.41) is 4.81. The Labute approximate surface area is 240 Å². The number of aromatic nitrogens is 4. The highest BCUT2D eigenvalue weighted by Crippen LogP contribution is 2.37. The number of anilines is 1. The highest BCUT2D eigenvalue weighted by atomic mass is 79.9. The fourth-order valence-electron chi connectivity index (χ4n) is 5.01. The maximum absolute atomic E-state index is 11.9. The molecular weight excluding hydrogens is 602 g/mol. The zero-order valence-electron chi connectivity index (χ0n) is 21.9. The van der Waals surface area contributed by atoms with Crippen LogP contribution >= 0.6 is 27.3 Å². The molecule has 6 rings (SSSR count). The smallest absolute Gasteiger partial charge is 0.253 e. The number of ether oxygens (including phenoxy) is 1. The summed E-state index contributed by atoms with van der Waals surface area (Å²) in [5.74, 6) is 1.46. The van der Waals surface area contributed by atoms with Crippen LogP contribution < -0.4 is 4.90 Å². The van der Waals surface area contributed by atoms with Gasteiger partial charge in [0.05, 0.1) is 35.4 Å². The summed E-state index contributed by atoms with van der Waals surface area (Å²) >= 11 is 5.28. The fraction of sp³-hybridized carbons (Fsp3) is 0.423. The van der Waals surface area contributed by atoms with Crippen LogP contribution in [0.25, 0.3) is 27.4 Å². The Morgan fingerprint density at radius 1 is 1.05 bits per heavy atom. The molecule has 0 atom stereocenters. The quantitative estimate of drug-likeness (QED) is 0.319. The number of rotatable bonds is 6. The van der Waals surface area contributed by atoms with E-state index in [4.69, 9.17) is 19.8 Å². The van der Waals surface area contributed by atoms with Gasteiger partial charge >= 0.3 is 0 Å². The summed E-state index contributed by atoms with van der Waals surface area (Å²) in [4.78, 5) is 15.9. The molecule has 0 amide bonds. The van der Waals surface area contributed by atoms with Crippen LogP contribution in [0.1, 0.15) is 10.4 Å². The molecule has 2 aliphatic heterocycles. The molecule has 0 aliphatic carbocycles. The average Bonchev–Trinajstić information content (AvgIpc) is 3.54. The number of nitrogens with zero attached hydrogens (tertiary/aromatic N) is 7. The number of aryl methyl sites for hydroxylation is 1. The maximum atomic E-state index is 11.9. The van der Waals surface area contributed by atoms with Crippen LogP contribution in [0, 0.1) is 6.92 Å². The molecule has 1 aromatic carbocycles. The fourth-order valence-corrected chi connectivity index (χ4v) is 7.54. The van der Waals surface area contributed by atoms with Gasteiger partial charge in [-0.05, 0) is 30.7 Å². The van der Waals surface area contributed by atoms with Crippen molar-refractivity contribution in [1.82, 2.24) is 29.0 Å². The Bertz CT molecular complexity index is 1610. The summed E-state index contributed by atoms with van der Waals surface area (Å²) in [6.45, 7) is 8.21. The lowest BCUT2D eigenvalue weighted by Crippen LogP contribution is -2.47. The predicted molar refractivity (Wildman–Crippen MR) is 157 cm³/mol. The second-order valence-electron chi connectivity index (χ2n) is 9.87. The normalized spacial score (nSPS) is 17.8. The zero-order valence-corrected chi connectivity index (χ0v) is 25.1. The summed E-state index contributed by atoms with van der Waals surface area (Å²) < 4.78 is 34.9. The molecule has 39 heavy (non-hydrogen) atoms. The summed E-state index contributed by atoms with van der Waals surface area (Å²) in [7, 11) is -3.15. The molecule has 0 spiro atoms. The number of hydrogen-bond donors (Lipinski definition) is 0. The SMILES string of the molecule is Cc1c(CN2CCN(S(C)(=O)=O)CC2)sc2c(N3CCOCC3)nc(-n3ccc(-c4cccc(Br)c4)n3)nc12. The molecule has 13 heteroatoms. The van der Waals surface area contributed by atoms with E-state index in [1.54, 1.807) is 20.3 Å². The van der Waals surface area contributed by atoms with E-state index in [0.717, 1.165) is 57.0 Å². The van der Waals surface area contributed by atoms with Crippen LogP contribution in [0.4, 0.5) is 5.82 Å². The van der Waals surface area contributed by atoms with E-state index in [1.165, 1.54) is 11.1 Å². The molecule has 0 bridgehead atoms. The lowest BCUT2D eigenvalue weighted by atomic mass is 10.2. The van der Waals surface area contributed by atoms with Gasteiger partial charge in [-0.15, -0.1) is 11.3 Å². The second kappa shape index (κ2) is 10.9. The van der Waals surface area contributed by atoms with Gasteiger partial charge in [0.1, 0.15) is 0 Å². The third kappa shape index (κ3) is 5.61. The van der Waals surface area contributed by atoms with E-state index in [2.05, 4.69) is 32.7 Å². The second-order valence-corrected chi connectivity index (χ2v) is 13.9. The van der Waals surface area contributed by atoms with Gasteiger partial charge in [-0.1, -0.05) is 28.1 Å². The van der Waals surface area contributed by atoms with E-state index < -0.39 is 10.0 Å². The van der Waals surface area contributed by atoms with Crippen molar-refractivity contribution in [2.24, 2.45) is 0 Å². The van der Waals surface area contributed by atoms with Crippen molar-refractivity contribution in [2.45, 2.75) is 13.5 Å². The monoisotopic (exact) mass is 631 g/mol. The number of benzene rings is 1. The lowest BCUT2D eigenvalue weighted by molar-refractivity contribution is 0.122. The van der Waals surface area contributed by atoms with Gasteiger partial charge in [0, 0.05) is 66.9 Å². The number of hydrogen-bond acceptors (Lipinski definition) is 9. The van der Waals surface area contributed by atoms with Crippen LogP contribution in [-0.2, 0) is 21.3 Å². The van der Waals surface area contributed by atoms with Crippen LogP contribution in [0.5, 0.6) is 0 Å². The standard InChI is InChI=1S/C26H30BrN7O3S2/c1-18-22(17-31-8-10-33(11-9-31)39(2,35)36)38-24-23(18)28-26(29-25(24)32-12-14-37-15-13-32)34-7-6-21(30-34)19-4-3-5-20(27)16-19/h3-7,16H,8-15,17H2,1-2H3. The third-order valence-corrected chi connectivity index (χ3v) is 10.3. The molecule has 0 radical (unpaired) electrons. The first-order valence-corrected chi connectivity index (χ1v) is 16.3. The molecule has 206 valence electrons. The van der Waals surface area contributed by atoms with Crippen molar-refractivity contribution in [3.8, 4) is 17.2 Å². The van der Waals surface area contributed by atoms with Crippen LogP contribution in [0.15, 0.2) is 41.0 Å². The third-order valence-electron chi connectivity index (χ3n) is 7.23. The minimum atomic E-state index is -3.15. The van der Waals surface area contributed by atoms with E-state index in [0.29, 0.717) is 45.3 Å². The topological polar surface area (TPSA) is 96.7 Å². The predicted octanol–water partition coefficient (Wildman–Crippen LogP) is 3.53. The number of sulfonamides is 1. The van der Waals surface area contributed by atoms with E-state index in [9.17, 15) is 8.42 Å². The average molecular weight is 633 g/mol. The Morgan fingerprint density at radius 2 is 1.82 bits per heavy atom. The molecule has 5 heterocycles. The van der Waals surface area contributed by atoms with Crippen LogP contribution in [-0.4, -0.2) is 96.1 Å². The summed E-state index contributed by atoms with van der Waals surface area (Å²) in [6, 6.07) is 10.0. The van der Waals surface area contributed by atoms with Crippen molar-refractivity contribution >= 4 is 53.3 Å². The number of morpholine rings is 1. The molecule has 2 saturated heterocycles. The van der Waals surface area contributed by atoms with Crippen molar-refractivity contribution < 1.29 is 13.2 Å².